The first-order chi connectivity index (χ1) is 8.66. The average Bonchev–Trinajstić information content (AvgIpc) is 2.53. The maximum Gasteiger partial charge on any atom is 0.130 e. The van der Waals surface area contributed by atoms with Crippen LogP contribution in [0.4, 0.5) is 5.82 Å². The minimum atomic E-state index is 0.147. The quantitative estimate of drug-likeness (QED) is 0.841. The van der Waals surface area contributed by atoms with Gasteiger partial charge in [-0.1, -0.05) is 0 Å². The molecule has 0 bridgehead atoms. The lowest BCUT2D eigenvalue weighted by Gasteiger charge is -2.32. The van der Waals surface area contributed by atoms with Crippen molar-refractivity contribution in [3.05, 3.63) is 11.3 Å². The Morgan fingerprint density at radius 3 is 2.26 bits per heavy atom. The van der Waals surface area contributed by atoms with Crippen LogP contribution in [-0.2, 0) is 13.6 Å². The predicted molar refractivity (Wildman–Crippen MR) is 81.7 cm³/mol. The third kappa shape index (κ3) is 3.70. The molecular formula is C14H29N5. The average molecular weight is 267 g/mol. The van der Waals surface area contributed by atoms with Gasteiger partial charge in [-0.3, -0.25) is 4.68 Å². The van der Waals surface area contributed by atoms with Gasteiger partial charge in [0.2, 0.25) is 0 Å². The van der Waals surface area contributed by atoms with E-state index in [-0.39, 0.29) is 5.54 Å². The van der Waals surface area contributed by atoms with Gasteiger partial charge in [0, 0.05) is 45.3 Å². The molecule has 0 amide bonds. The molecule has 0 radical (unpaired) electrons. The molecule has 0 aromatic carbocycles. The van der Waals surface area contributed by atoms with Crippen molar-refractivity contribution in [3.63, 3.8) is 0 Å². The summed E-state index contributed by atoms with van der Waals surface area (Å²) in [6.07, 6.45) is 0. The van der Waals surface area contributed by atoms with E-state index in [1.807, 2.05) is 11.7 Å². The van der Waals surface area contributed by atoms with Crippen molar-refractivity contribution >= 4 is 5.82 Å². The van der Waals surface area contributed by atoms with Crippen LogP contribution in [0.2, 0.25) is 0 Å². The molecule has 5 nitrogen and oxygen atoms in total. The summed E-state index contributed by atoms with van der Waals surface area (Å²) in [6.45, 7) is 8.35. The highest BCUT2D eigenvalue weighted by Gasteiger charge is 2.21. The van der Waals surface area contributed by atoms with Crippen molar-refractivity contribution in [2.24, 2.45) is 7.05 Å². The summed E-state index contributed by atoms with van der Waals surface area (Å²) in [4.78, 5) is 4.36. The number of aryl methyl sites for hydroxylation is 2. The van der Waals surface area contributed by atoms with E-state index in [9.17, 15) is 0 Å². The summed E-state index contributed by atoms with van der Waals surface area (Å²) in [7, 11) is 10.3. The molecule has 5 heteroatoms. The number of aromatic nitrogens is 2. The molecule has 0 atom stereocenters. The van der Waals surface area contributed by atoms with Crippen molar-refractivity contribution in [1.82, 2.24) is 20.0 Å². The molecule has 0 unspecified atom stereocenters. The molecule has 1 heterocycles. The van der Waals surface area contributed by atoms with Crippen LogP contribution in [0.1, 0.15) is 25.1 Å². The van der Waals surface area contributed by atoms with Gasteiger partial charge in [-0.25, -0.2) is 0 Å². The number of anilines is 1. The highest BCUT2D eigenvalue weighted by molar-refractivity contribution is 5.48. The lowest BCUT2D eigenvalue weighted by Crippen LogP contribution is -2.46. The van der Waals surface area contributed by atoms with Crippen LogP contribution in [-0.4, -0.2) is 55.0 Å². The Labute approximate surface area is 117 Å². The Bertz CT molecular complexity index is 418. The first-order valence-corrected chi connectivity index (χ1v) is 6.74. The maximum atomic E-state index is 4.51. The van der Waals surface area contributed by atoms with Crippen molar-refractivity contribution < 1.29 is 0 Å². The molecule has 0 aliphatic carbocycles. The highest BCUT2D eigenvalue weighted by atomic mass is 15.4. The summed E-state index contributed by atoms with van der Waals surface area (Å²) in [6, 6.07) is 0. The minimum absolute atomic E-state index is 0.147. The summed E-state index contributed by atoms with van der Waals surface area (Å²) >= 11 is 0. The monoisotopic (exact) mass is 267 g/mol. The molecule has 1 aromatic rings. The Morgan fingerprint density at radius 1 is 1.21 bits per heavy atom. The molecule has 1 rings (SSSR count). The standard InChI is InChI=1S/C14H29N5/c1-11-12(13(17(4)5)19(8)16-11)9-15-10-14(2,3)18(6)7/h15H,9-10H2,1-8H3. The number of nitrogens with zero attached hydrogens (tertiary/aromatic N) is 4. The normalized spacial score (nSPS) is 12.3. The zero-order valence-corrected chi connectivity index (χ0v) is 13.7. The maximum absolute atomic E-state index is 4.51. The Hall–Kier alpha value is -1.07. The third-order valence-electron chi connectivity index (χ3n) is 3.81. The van der Waals surface area contributed by atoms with E-state index in [0.717, 1.165) is 18.8 Å². The number of hydrogen-bond acceptors (Lipinski definition) is 4. The second-order valence-electron chi connectivity index (χ2n) is 6.22. The van der Waals surface area contributed by atoms with E-state index in [2.05, 4.69) is 69.2 Å². The van der Waals surface area contributed by atoms with Gasteiger partial charge in [0.05, 0.1) is 5.69 Å². The zero-order chi connectivity index (χ0) is 14.8. The van der Waals surface area contributed by atoms with Gasteiger partial charge in [0.15, 0.2) is 0 Å². The van der Waals surface area contributed by atoms with E-state index < -0.39 is 0 Å². The van der Waals surface area contributed by atoms with Gasteiger partial charge in [-0.2, -0.15) is 5.10 Å². The second-order valence-corrected chi connectivity index (χ2v) is 6.22. The molecule has 0 aliphatic heterocycles. The Balaban J connectivity index is 2.74. The Morgan fingerprint density at radius 2 is 1.79 bits per heavy atom. The molecular weight excluding hydrogens is 238 g/mol. The molecule has 0 fully saturated rings. The fraction of sp³-hybridized carbons (Fsp3) is 0.786. The fourth-order valence-electron chi connectivity index (χ4n) is 2.11. The van der Waals surface area contributed by atoms with Gasteiger partial charge >= 0.3 is 0 Å². The number of likely N-dealkylation sites (N-methyl/N-ethyl adjacent to an activating group) is 1. The van der Waals surface area contributed by atoms with E-state index in [1.165, 1.54) is 11.4 Å². The molecule has 0 aliphatic rings. The van der Waals surface area contributed by atoms with E-state index in [1.54, 1.807) is 0 Å². The zero-order valence-electron chi connectivity index (χ0n) is 13.7. The van der Waals surface area contributed by atoms with Gasteiger partial charge in [0.25, 0.3) is 0 Å². The van der Waals surface area contributed by atoms with Crippen LogP contribution in [0.25, 0.3) is 0 Å². The van der Waals surface area contributed by atoms with Crippen molar-refractivity contribution in [3.8, 4) is 0 Å². The number of hydrogen-bond donors (Lipinski definition) is 1. The third-order valence-corrected chi connectivity index (χ3v) is 3.81. The predicted octanol–water partition coefficient (Wildman–Crippen LogP) is 1.22. The molecule has 0 saturated heterocycles. The van der Waals surface area contributed by atoms with Crippen molar-refractivity contribution in [2.75, 3.05) is 39.6 Å². The largest absolute Gasteiger partial charge is 0.363 e. The van der Waals surface area contributed by atoms with Crippen LogP contribution in [0.15, 0.2) is 0 Å². The van der Waals surface area contributed by atoms with Gasteiger partial charge in [-0.05, 0) is 34.9 Å². The first-order valence-electron chi connectivity index (χ1n) is 6.74. The molecule has 19 heavy (non-hydrogen) atoms. The van der Waals surface area contributed by atoms with Crippen molar-refractivity contribution in [1.29, 1.82) is 0 Å². The molecule has 110 valence electrons. The van der Waals surface area contributed by atoms with Gasteiger partial charge < -0.3 is 15.1 Å². The lowest BCUT2D eigenvalue weighted by molar-refractivity contribution is 0.190. The topological polar surface area (TPSA) is 36.3 Å². The van der Waals surface area contributed by atoms with Crippen molar-refractivity contribution in [2.45, 2.75) is 32.9 Å². The lowest BCUT2D eigenvalue weighted by atomic mass is 10.0. The van der Waals surface area contributed by atoms with E-state index in [0.29, 0.717) is 0 Å². The Kier molecular flexibility index (Phi) is 4.98. The highest BCUT2D eigenvalue weighted by Crippen LogP contribution is 2.21. The second kappa shape index (κ2) is 5.92. The minimum Gasteiger partial charge on any atom is -0.363 e. The van der Waals surface area contributed by atoms with E-state index >= 15 is 0 Å². The fourth-order valence-corrected chi connectivity index (χ4v) is 2.11. The molecule has 1 aromatic heterocycles. The number of rotatable bonds is 6. The smallest absolute Gasteiger partial charge is 0.130 e. The van der Waals surface area contributed by atoms with Crippen LogP contribution < -0.4 is 10.2 Å². The first kappa shape index (κ1) is 16.0. The van der Waals surface area contributed by atoms with Crippen LogP contribution in [0.5, 0.6) is 0 Å². The molecule has 0 saturated carbocycles. The summed E-state index contributed by atoms with van der Waals surface area (Å²) in [5.41, 5.74) is 2.53. The summed E-state index contributed by atoms with van der Waals surface area (Å²) in [5.74, 6) is 1.17. The van der Waals surface area contributed by atoms with Crippen LogP contribution in [0, 0.1) is 6.92 Å². The van der Waals surface area contributed by atoms with Gasteiger partial charge in [0.1, 0.15) is 5.82 Å². The SMILES string of the molecule is Cc1nn(C)c(N(C)C)c1CNCC(C)(C)N(C)C. The molecule has 1 N–H and O–H groups in total. The van der Waals surface area contributed by atoms with Crippen LogP contribution in [0.3, 0.4) is 0 Å². The van der Waals surface area contributed by atoms with E-state index in [4.69, 9.17) is 0 Å². The van der Waals surface area contributed by atoms with Crippen LogP contribution >= 0.6 is 0 Å². The number of nitrogens with one attached hydrogen (secondary N) is 1. The summed E-state index contributed by atoms with van der Waals surface area (Å²) < 4.78 is 1.95. The summed E-state index contributed by atoms with van der Waals surface area (Å²) in [5, 5.41) is 8.06. The van der Waals surface area contributed by atoms with Gasteiger partial charge in [-0.15, -0.1) is 0 Å². The molecule has 0 spiro atoms.